The van der Waals surface area contributed by atoms with Crippen molar-refractivity contribution in [1.29, 1.82) is 0 Å². The lowest BCUT2D eigenvalue weighted by Gasteiger charge is -2.44. The lowest BCUT2D eigenvalue weighted by Crippen LogP contribution is -2.55. The summed E-state index contributed by atoms with van der Waals surface area (Å²) in [5, 5.41) is 12.8. The van der Waals surface area contributed by atoms with E-state index in [0.29, 0.717) is 18.0 Å². The minimum Gasteiger partial charge on any atom is -0.381 e. The first-order chi connectivity index (χ1) is 18.5. The number of halogens is 2. The summed E-state index contributed by atoms with van der Waals surface area (Å²) in [6, 6.07) is 10.1. The highest BCUT2D eigenvalue weighted by molar-refractivity contribution is 5.92. The molecule has 1 aromatic heterocycles. The molecule has 0 saturated carbocycles. The van der Waals surface area contributed by atoms with Crippen molar-refractivity contribution in [1.82, 2.24) is 25.3 Å². The van der Waals surface area contributed by atoms with E-state index in [1.165, 1.54) is 12.1 Å². The summed E-state index contributed by atoms with van der Waals surface area (Å²) in [4.78, 5) is 7.08. The molecule has 1 unspecified atom stereocenters. The Hall–Kier alpha value is -3.27. The third-order valence-electron chi connectivity index (χ3n) is 7.68. The van der Waals surface area contributed by atoms with Gasteiger partial charge in [0.05, 0.1) is 5.52 Å². The Balaban J connectivity index is 1.35. The van der Waals surface area contributed by atoms with Gasteiger partial charge in [-0.3, -0.25) is 15.3 Å². The second kappa shape index (κ2) is 10.8. The highest BCUT2D eigenvalue weighted by Crippen LogP contribution is 2.33. The zero-order chi connectivity index (χ0) is 26.1. The van der Waals surface area contributed by atoms with Gasteiger partial charge in [-0.05, 0) is 73.9 Å². The molecule has 2 saturated heterocycles. The lowest BCUT2D eigenvalue weighted by molar-refractivity contribution is 0.0759. The number of allylic oxidation sites excluding steroid dienone is 2. The number of anilines is 1. The molecule has 4 heterocycles. The van der Waals surface area contributed by atoms with E-state index in [2.05, 4.69) is 56.5 Å². The van der Waals surface area contributed by atoms with E-state index in [1.807, 2.05) is 12.1 Å². The summed E-state index contributed by atoms with van der Waals surface area (Å²) in [5.41, 5.74) is 2.49. The van der Waals surface area contributed by atoms with Crippen LogP contribution in [0.4, 0.5) is 14.6 Å². The standard InChI is InChI=1S/C29H34F2N6O/c1-35-9-11-36(12-10-35)28-4-2-3-27(32-24-7-13-38-14-8-24)37(28)29-25-18-20(5-6-26(25)33-34-29)15-21-16-22(30)19-23(31)17-21/h2-6,16-19,24,27,32H,7-15H2,1H3,(H,33,34). The Labute approximate surface area is 221 Å². The fourth-order valence-electron chi connectivity index (χ4n) is 5.61. The first kappa shape index (κ1) is 25.0. The maximum atomic E-state index is 13.8. The topological polar surface area (TPSA) is 59.7 Å². The van der Waals surface area contributed by atoms with Crippen molar-refractivity contribution in [3.63, 3.8) is 0 Å². The van der Waals surface area contributed by atoms with Crippen molar-refractivity contribution >= 4 is 16.7 Å². The van der Waals surface area contributed by atoms with E-state index in [1.54, 1.807) is 0 Å². The molecule has 0 bridgehead atoms. The number of ether oxygens (including phenoxy) is 1. The summed E-state index contributed by atoms with van der Waals surface area (Å²) < 4.78 is 33.2. The monoisotopic (exact) mass is 520 g/mol. The highest BCUT2D eigenvalue weighted by Gasteiger charge is 2.32. The third-order valence-corrected chi connectivity index (χ3v) is 7.68. The first-order valence-corrected chi connectivity index (χ1v) is 13.4. The molecule has 38 heavy (non-hydrogen) atoms. The van der Waals surface area contributed by atoms with Gasteiger partial charge in [-0.1, -0.05) is 12.1 Å². The summed E-state index contributed by atoms with van der Waals surface area (Å²) in [6.07, 6.45) is 8.82. The average molecular weight is 521 g/mol. The van der Waals surface area contributed by atoms with E-state index in [-0.39, 0.29) is 6.17 Å². The van der Waals surface area contributed by atoms with Crippen LogP contribution in [0.15, 0.2) is 60.4 Å². The molecular weight excluding hydrogens is 486 g/mol. The third kappa shape index (κ3) is 5.32. The Morgan fingerprint density at radius 1 is 1.00 bits per heavy atom. The number of hydrogen-bond acceptors (Lipinski definition) is 6. The molecule has 0 amide bonds. The minimum absolute atomic E-state index is 0.0646. The van der Waals surface area contributed by atoms with Gasteiger partial charge in [0.15, 0.2) is 5.82 Å². The number of piperazine rings is 1. The van der Waals surface area contributed by atoms with Gasteiger partial charge in [0.2, 0.25) is 0 Å². The van der Waals surface area contributed by atoms with E-state index in [0.717, 1.165) is 86.4 Å². The van der Waals surface area contributed by atoms with Crippen LogP contribution in [-0.2, 0) is 11.2 Å². The molecule has 0 radical (unpaired) electrons. The second-order valence-corrected chi connectivity index (χ2v) is 10.4. The molecule has 1 atom stereocenters. The second-order valence-electron chi connectivity index (χ2n) is 10.4. The predicted octanol–water partition coefficient (Wildman–Crippen LogP) is 3.99. The zero-order valence-corrected chi connectivity index (χ0v) is 21.7. The number of likely N-dealkylation sites (N-methyl/N-ethyl adjacent to an activating group) is 1. The van der Waals surface area contributed by atoms with E-state index < -0.39 is 11.6 Å². The SMILES string of the molecule is CN1CCN(C2=CC=CC(NC3CCOCC3)N2c2n[nH]c3ccc(Cc4cc(F)cc(F)c4)cc23)CC1. The normalized spacial score (nSPS) is 21.3. The Morgan fingerprint density at radius 2 is 1.76 bits per heavy atom. The van der Waals surface area contributed by atoms with Crippen LogP contribution in [0.5, 0.6) is 0 Å². The zero-order valence-electron chi connectivity index (χ0n) is 21.7. The fraction of sp³-hybridized carbons (Fsp3) is 0.414. The smallest absolute Gasteiger partial charge is 0.165 e. The first-order valence-electron chi connectivity index (χ1n) is 13.4. The maximum absolute atomic E-state index is 13.8. The quantitative estimate of drug-likeness (QED) is 0.513. The molecule has 3 aromatic rings. The van der Waals surface area contributed by atoms with E-state index in [4.69, 9.17) is 9.84 Å². The van der Waals surface area contributed by atoms with Crippen molar-refractivity contribution in [3.8, 4) is 0 Å². The Morgan fingerprint density at radius 3 is 2.53 bits per heavy atom. The molecule has 0 spiro atoms. The number of benzene rings is 2. The van der Waals surface area contributed by atoms with Crippen molar-refractivity contribution in [3.05, 3.63) is 83.2 Å². The molecule has 2 fully saturated rings. The van der Waals surface area contributed by atoms with Crippen LogP contribution >= 0.6 is 0 Å². The molecule has 2 aromatic carbocycles. The molecule has 9 heteroatoms. The van der Waals surface area contributed by atoms with Crippen molar-refractivity contribution in [2.24, 2.45) is 0 Å². The number of rotatable bonds is 6. The summed E-state index contributed by atoms with van der Waals surface area (Å²) in [7, 11) is 2.16. The summed E-state index contributed by atoms with van der Waals surface area (Å²) in [6.45, 7) is 5.42. The number of aromatic amines is 1. The molecule has 7 nitrogen and oxygen atoms in total. The van der Waals surface area contributed by atoms with Gasteiger partial charge in [-0.25, -0.2) is 8.78 Å². The Kier molecular flexibility index (Phi) is 7.14. The largest absolute Gasteiger partial charge is 0.381 e. The number of H-pyrrole nitrogens is 1. The molecule has 2 N–H and O–H groups in total. The van der Waals surface area contributed by atoms with Gasteiger partial charge in [-0.2, -0.15) is 5.10 Å². The molecule has 3 aliphatic heterocycles. The van der Waals surface area contributed by atoms with Gasteiger partial charge < -0.3 is 14.5 Å². The van der Waals surface area contributed by atoms with Crippen LogP contribution < -0.4 is 10.2 Å². The van der Waals surface area contributed by atoms with E-state index in [9.17, 15) is 8.78 Å². The fourth-order valence-corrected chi connectivity index (χ4v) is 5.61. The molecule has 0 aliphatic carbocycles. The van der Waals surface area contributed by atoms with E-state index >= 15 is 0 Å². The van der Waals surface area contributed by atoms with Gasteiger partial charge in [0.1, 0.15) is 23.6 Å². The van der Waals surface area contributed by atoms with Crippen molar-refractivity contribution in [2.75, 3.05) is 51.3 Å². The van der Waals surface area contributed by atoms with Gasteiger partial charge in [-0.15, -0.1) is 0 Å². The number of nitrogens with zero attached hydrogens (tertiary/aromatic N) is 4. The summed E-state index contributed by atoms with van der Waals surface area (Å²) in [5.74, 6) is 0.839. The van der Waals surface area contributed by atoms with Crippen LogP contribution in [0.2, 0.25) is 0 Å². The predicted molar refractivity (Wildman–Crippen MR) is 145 cm³/mol. The number of aromatic nitrogens is 2. The van der Waals surface area contributed by atoms with Crippen LogP contribution in [0, 0.1) is 11.6 Å². The molecule has 6 rings (SSSR count). The van der Waals surface area contributed by atoms with Crippen LogP contribution in [0.1, 0.15) is 24.0 Å². The lowest BCUT2D eigenvalue weighted by atomic mass is 10.0. The van der Waals surface area contributed by atoms with Crippen molar-refractivity contribution in [2.45, 2.75) is 31.5 Å². The maximum Gasteiger partial charge on any atom is 0.165 e. The molecule has 200 valence electrons. The Bertz CT molecular complexity index is 1320. The number of hydrogen-bond donors (Lipinski definition) is 2. The highest BCUT2D eigenvalue weighted by atomic mass is 19.1. The van der Waals surface area contributed by atoms with Crippen molar-refractivity contribution < 1.29 is 13.5 Å². The van der Waals surface area contributed by atoms with Crippen LogP contribution in [0.25, 0.3) is 10.9 Å². The summed E-state index contributed by atoms with van der Waals surface area (Å²) >= 11 is 0. The van der Waals surface area contributed by atoms with Gasteiger partial charge >= 0.3 is 0 Å². The number of fused-ring (bicyclic) bond motifs is 1. The van der Waals surface area contributed by atoms with Gasteiger partial charge in [0, 0.05) is 56.9 Å². The number of nitrogens with one attached hydrogen (secondary N) is 2. The minimum atomic E-state index is -0.561. The van der Waals surface area contributed by atoms with Crippen LogP contribution in [-0.4, -0.2) is 78.6 Å². The van der Waals surface area contributed by atoms with Crippen LogP contribution in [0.3, 0.4) is 0 Å². The molecular formula is C29H34F2N6O. The van der Waals surface area contributed by atoms with Gasteiger partial charge in [0.25, 0.3) is 0 Å². The molecule has 3 aliphatic rings. The average Bonchev–Trinajstić information content (AvgIpc) is 3.32.